The number of carbonyl (C=O) groups excluding carboxylic acids is 1. The van der Waals surface area contributed by atoms with E-state index in [1.54, 1.807) is 12.0 Å². The summed E-state index contributed by atoms with van der Waals surface area (Å²) in [6.45, 7) is 0.764. The molecule has 2 aromatic carbocycles. The fraction of sp³-hybridized carbons (Fsp3) is 0.222. The SMILES string of the molecule is COc1ccccc1NC(=O)N(C1=NCCC1)c1ccccc1. The zero-order chi connectivity index (χ0) is 16.1. The van der Waals surface area contributed by atoms with E-state index >= 15 is 0 Å². The average Bonchev–Trinajstić information content (AvgIpc) is 3.10. The molecule has 1 aliphatic heterocycles. The van der Waals surface area contributed by atoms with Gasteiger partial charge in [-0.1, -0.05) is 30.3 Å². The summed E-state index contributed by atoms with van der Waals surface area (Å²) < 4.78 is 5.29. The number of methoxy groups -OCH3 is 1. The molecule has 2 aromatic rings. The molecular formula is C18H19N3O2. The van der Waals surface area contributed by atoms with Gasteiger partial charge >= 0.3 is 6.03 Å². The van der Waals surface area contributed by atoms with Gasteiger partial charge in [-0.05, 0) is 30.7 Å². The van der Waals surface area contributed by atoms with Crippen LogP contribution in [0.15, 0.2) is 59.6 Å². The van der Waals surface area contributed by atoms with Crippen molar-refractivity contribution in [1.82, 2.24) is 0 Å². The Bertz CT molecular complexity index is 713. The van der Waals surface area contributed by atoms with Crippen molar-refractivity contribution in [3.8, 4) is 5.75 Å². The number of rotatable bonds is 3. The molecule has 1 heterocycles. The number of anilines is 2. The Balaban J connectivity index is 1.89. The van der Waals surface area contributed by atoms with Crippen LogP contribution in [-0.4, -0.2) is 25.5 Å². The summed E-state index contributed by atoms with van der Waals surface area (Å²) >= 11 is 0. The average molecular weight is 309 g/mol. The van der Waals surface area contributed by atoms with Gasteiger partial charge in [0.2, 0.25) is 0 Å². The number of hydrogen-bond donors (Lipinski definition) is 1. The largest absolute Gasteiger partial charge is 0.495 e. The molecule has 0 radical (unpaired) electrons. The maximum atomic E-state index is 12.8. The van der Waals surface area contributed by atoms with Crippen LogP contribution in [0.1, 0.15) is 12.8 Å². The molecule has 0 saturated carbocycles. The molecule has 5 nitrogen and oxygen atoms in total. The normalized spacial score (nSPS) is 13.3. The van der Waals surface area contributed by atoms with Gasteiger partial charge in [-0.3, -0.25) is 9.89 Å². The molecule has 0 saturated heterocycles. The minimum Gasteiger partial charge on any atom is -0.495 e. The lowest BCUT2D eigenvalue weighted by atomic mass is 10.2. The molecule has 118 valence electrons. The molecule has 0 atom stereocenters. The monoisotopic (exact) mass is 309 g/mol. The third-order valence-corrected chi connectivity index (χ3v) is 3.68. The van der Waals surface area contributed by atoms with E-state index in [1.807, 2.05) is 54.6 Å². The molecular weight excluding hydrogens is 290 g/mol. The van der Waals surface area contributed by atoms with Crippen LogP contribution in [0.4, 0.5) is 16.2 Å². The van der Waals surface area contributed by atoms with Gasteiger partial charge in [-0.15, -0.1) is 0 Å². The molecule has 1 N–H and O–H groups in total. The van der Waals surface area contributed by atoms with Gasteiger partial charge < -0.3 is 10.1 Å². The number of carbonyl (C=O) groups is 1. The molecule has 5 heteroatoms. The van der Waals surface area contributed by atoms with E-state index in [4.69, 9.17) is 4.74 Å². The summed E-state index contributed by atoms with van der Waals surface area (Å²) in [5.41, 5.74) is 1.44. The Morgan fingerprint density at radius 3 is 2.57 bits per heavy atom. The van der Waals surface area contributed by atoms with Gasteiger partial charge in [0.1, 0.15) is 11.6 Å². The van der Waals surface area contributed by atoms with Crippen LogP contribution in [0, 0.1) is 0 Å². The van der Waals surface area contributed by atoms with Crippen LogP contribution >= 0.6 is 0 Å². The smallest absolute Gasteiger partial charge is 0.331 e. The Hall–Kier alpha value is -2.82. The second kappa shape index (κ2) is 6.96. The molecule has 0 bridgehead atoms. The van der Waals surface area contributed by atoms with Crippen molar-refractivity contribution in [3.63, 3.8) is 0 Å². The van der Waals surface area contributed by atoms with E-state index in [1.165, 1.54) is 0 Å². The standard InChI is InChI=1S/C18H19N3O2/c1-23-16-11-6-5-10-15(16)20-18(22)21(17-12-7-13-19-17)14-8-3-2-4-9-14/h2-6,8-11H,7,12-13H2,1H3,(H,20,22). The van der Waals surface area contributed by atoms with E-state index in [9.17, 15) is 4.79 Å². The number of nitrogens with zero attached hydrogens (tertiary/aromatic N) is 2. The van der Waals surface area contributed by atoms with Crippen molar-refractivity contribution in [2.75, 3.05) is 23.9 Å². The fourth-order valence-electron chi connectivity index (χ4n) is 2.59. The minimum absolute atomic E-state index is 0.235. The zero-order valence-corrected chi connectivity index (χ0v) is 13.0. The number of urea groups is 1. The van der Waals surface area contributed by atoms with Crippen LogP contribution < -0.4 is 15.0 Å². The first-order valence-electron chi connectivity index (χ1n) is 7.62. The Morgan fingerprint density at radius 1 is 1.13 bits per heavy atom. The topological polar surface area (TPSA) is 53.9 Å². The number of benzene rings is 2. The Labute approximate surface area is 135 Å². The molecule has 3 rings (SSSR count). The maximum Gasteiger partial charge on any atom is 0.331 e. The molecule has 0 spiro atoms. The summed E-state index contributed by atoms with van der Waals surface area (Å²) in [5, 5.41) is 2.92. The van der Waals surface area contributed by atoms with Gasteiger partial charge in [0.05, 0.1) is 18.5 Å². The zero-order valence-electron chi connectivity index (χ0n) is 13.0. The second-order valence-corrected chi connectivity index (χ2v) is 5.20. The van der Waals surface area contributed by atoms with Crippen LogP contribution in [0.2, 0.25) is 0 Å². The first kappa shape index (κ1) is 15.1. The van der Waals surface area contributed by atoms with Crippen LogP contribution in [0.5, 0.6) is 5.75 Å². The van der Waals surface area contributed by atoms with Crippen molar-refractivity contribution in [3.05, 3.63) is 54.6 Å². The summed E-state index contributed by atoms with van der Waals surface area (Å²) in [6.07, 6.45) is 1.77. The number of nitrogens with one attached hydrogen (secondary N) is 1. The van der Waals surface area contributed by atoms with Gasteiger partial charge in [0.25, 0.3) is 0 Å². The molecule has 0 fully saturated rings. The van der Waals surface area contributed by atoms with Crippen molar-refractivity contribution in [2.45, 2.75) is 12.8 Å². The summed E-state index contributed by atoms with van der Waals surface area (Å²) in [4.78, 5) is 19.0. The highest BCUT2D eigenvalue weighted by Crippen LogP contribution is 2.25. The molecule has 2 amide bonds. The van der Waals surface area contributed by atoms with E-state index in [-0.39, 0.29) is 6.03 Å². The maximum absolute atomic E-state index is 12.8. The van der Waals surface area contributed by atoms with Gasteiger partial charge in [0.15, 0.2) is 0 Å². The summed E-state index contributed by atoms with van der Waals surface area (Å²) in [7, 11) is 1.58. The Morgan fingerprint density at radius 2 is 1.87 bits per heavy atom. The van der Waals surface area contributed by atoms with Crippen LogP contribution in [0.25, 0.3) is 0 Å². The quantitative estimate of drug-likeness (QED) is 0.934. The van der Waals surface area contributed by atoms with E-state index in [2.05, 4.69) is 10.3 Å². The predicted octanol–water partition coefficient (Wildman–Crippen LogP) is 3.93. The van der Waals surface area contributed by atoms with E-state index in [0.717, 1.165) is 30.9 Å². The van der Waals surface area contributed by atoms with E-state index < -0.39 is 0 Å². The molecule has 0 aliphatic carbocycles. The third kappa shape index (κ3) is 3.34. The van der Waals surface area contributed by atoms with Crippen molar-refractivity contribution >= 4 is 23.2 Å². The van der Waals surface area contributed by atoms with Crippen LogP contribution in [0.3, 0.4) is 0 Å². The molecule has 23 heavy (non-hydrogen) atoms. The van der Waals surface area contributed by atoms with E-state index in [0.29, 0.717) is 11.4 Å². The summed E-state index contributed by atoms with van der Waals surface area (Å²) in [5.74, 6) is 1.42. The highest BCUT2D eigenvalue weighted by atomic mass is 16.5. The first-order chi connectivity index (χ1) is 11.3. The first-order valence-corrected chi connectivity index (χ1v) is 7.62. The molecule has 0 unspecified atom stereocenters. The Kier molecular flexibility index (Phi) is 4.57. The lowest BCUT2D eigenvalue weighted by molar-refractivity contribution is 0.259. The number of amidine groups is 1. The molecule has 1 aliphatic rings. The highest BCUT2D eigenvalue weighted by molar-refractivity contribution is 6.20. The summed E-state index contributed by atoms with van der Waals surface area (Å²) in [6, 6.07) is 16.7. The van der Waals surface area contributed by atoms with Gasteiger partial charge in [-0.25, -0.2) is 4.79 Å². The second-order valence-electron chi connectivity index (χ2n) is 5.20. The minimum atomic E-state index is -0.235. The predicted molar refractivity (Wildman–Crippen MR) is 92.5 cm³/mol. The van der Waals surface area contributed by atoms with Crippen LogP contribution in [-0.2, 0) is 0 Å². The van der Waals surface area contributed by atoms with Crippen molar-refractivity contribution in [2.24, 2.45) is 4.99 Å². The number of hydrogen-bond acceptors (Lipinski definition) is 3. The fourth-order valence-corrected chi connectivity index (χ4v) is 2.59. The number of ether oxygens (including phenoxy) is 1. The van der Waals surface area contributed by atoms with Gasteiger partial charge in [-0.2, -0.15) is 0 Å². The van der Waals surface area contributed by atoms with Gasteiger partial charge in [0, 0.05) is 13.0 Å². The number of aliphatic imine (C=N–C) groups is 1. The van der Waals surface area contributed by atoms with Crippen molar-refractivity contribution in [1.29, 1.82) is 0 Å². The lowest BCUT2D eigenvalue weighted by Crippen LogP contribution is -2.39. The number of amides is 2. The lowest BCUT2D eigenvalue weighted by Gasteiger charge is -2.23. The number of para-hydroxylation sites is 3. The van der Waals surface area contributed by atoms with Crippen molar-refractivity contribution < 1.29 is 9.53 Å². The third-order valence-electron chi connectivity index (χ3n) is 3.68. The molecule has 0 aromatic heterocycles. The highest BCUT2D eigenvalue weighted by Gasteiger charge is 2.24.